The van der Waals surface area contributed by atoms with Crippen molar-refractivity contribution in [2.24, 2.45) is 5.92 Å². The Bertz CT molecular complexity index is 512. The van der Waals surface area contributed by atoms with Gasteiger partial charge in [-0.1, -0.05) is 6.42 Å². The largest absolute Gasteiger partial charge is 0.338 e. The van der Waals surface area contributed by atoms with E-state index in [0.29, 0.717) is 6.04 Å². The Morgan fingerprint density at radius 2 is 2.05 bits per heavy atom. The molecule has 4 heteroatoms. The summed E-state index contributed by atoms with van der Waals surface area (Å²) in [4.78, 5) is 12.0. The van der Waals surface area contributed by atoms with Crippen molar-refractivity contribution >= 4 is 5.95 Å². The van der Waals surface area contributed by atoms with E-state index in [0.717, 1.165) is 36.7 Å². The Labute approximate surface area is 127 Å². The average molecular weight is 286 g/mol. The molecule has 1 aliphatic heterocycles. The maximum atomic E-state index is 4.83. The summed E-state index contributed by atoms with van der Waals surface area (Å²) in [5.74, 6) is 1.86. The van der Waals surface area contributed by atoms with Gasteiger partial charge in [-0.3, -0.25) is 0 Å². The second kappa shape index (κ2) is 5.56. The second-order valence-corrected chi connectivity index (χ2v) is 7.03. The van der Waals surface area contributed by atoms with Crippen LogP contribution in [0.4, 0.5) is 5.95 Å². The number of nitrogens with zero attached hydrogens (tertiary/aromatic N) is 3. The van der Waals surface area contributed by atoms with Gasteiger partial charge < -0.3 is 10.2 Å². The summed E-state index contributed by atoms with van der Waals surface area (Å²) in [6.07, 6.45) is 11.5. The molecule has 3 fully saturated rings. The van der Waals surface area contributed by atoms with E-state index < -0.39 is 0 Å². The number of nitrogens with one attached hydrogen (secondary N) is 1. The van der Waals surface area contributed by atoms with Crippen molar-refractivity contribution in [1.29, 1.82) is 0 Å². The number of hydrogen-bond donors (Lipinski definition) is 1. The average Bonchev–Trinajstić information content (AvgIpc) is 3.20. The standard InChI is InChI=1S/C17H26N4/c1-12-14(10-18-15-7-8-15)11-19-17(20-12)21-9-3-5-13-4-2-6-16(13)21/h11,13,15-16,18H,2-10H2,1H3. The predicted molar refractivity (Wildman–Crippen MR) is 84.3 cm³/mol. The molecule has 2 saturated carbocycles. The molecule has 1 saturated heterocycles. The quantitative estimate of drug-likeness (QED) is 0.924. The highest BCUT2D eigenvalue weighted by molar-refractivity contribution is 5.36. The fraction of sp³-hybridized carbons (Fsp3) is 0.765. The first-order valence-electron chi connectivity index (χ1n) is 8.64. The number of aryl methyl sites for hydroxylation is 1. The Morgan fingerprint density at radius 1 is 1.19 bits per heavy atom. The van der Waals surface area contributed by atoms with Crippen LogP contribution in [0.2, 0.25) is 0 Å². The highest BCUT2D eigenvalue weighted by atomic mass is 15.3. The lowest BCUT2D eigenvalue weighted by atomic mass is 9.92. The van der Waals surface area contributed by atoms with Crippen LogP contribution in [0.3, 0.4) is 0 Å². The minimum Gasteiger partial charge on any atom is -0.338 e. The van der Waals surface area contributed by atoms with E-state index in [2.05, 4.69) is 17.1 Å². The number of rotatable bonds is 4. The summed E-state index contributed by atoms with van der Waals surface area (Å²) in [5, 5.41) is 3.56. The van der Waals surface area contributed by atoms with Crippen molar-refractivity contribution in [3.05, 3.63) is 17.5 Å². The van der Waals surface area contributed by atoms with Gasteiger partial charge in [0.2, 0.25) is 5.95 Å². The molecule has 21 heavy (non-hydrogen) atoms. The normalized spacial score (nSPS) is 28.7. The van der Waals surface area contributed by atoms with Gasteiger partial charge in [-0.2, -0.15) is 0 Å². The molecule has 2 heterocycles. The fourth-order valence-electron chi connectivity index (χ4n) is 4.04. The van der Waals surface area contributed by atoms with Crippen LogP contribution in [-0.2, 0) is 6.54 Å². The van der Waals surface area contributed by atoms with E-state index in [4.69, 9.17) is 9.97 Å². The highest BCUT2D eigenvalue weighted by Gasteiger charge is 2.36. The fourth-order valence-corrected chi connectivity index (χ4v) is 4.04. The van der Waals surface area contributed by atoms with Gasteiger partial charge in [-0.15, -0.1) is 0 Å². The molecule has 4 nitrogen and oxygen atoms in total. The van der Waals surface area contributed by atoms with Gasteiger partial charge in [0.1, 0.15) is 0 Å². The van der Waals surface area contributed by atoms with E-state index in [1.54, 1.807) is 0 Å². The van der Waals surface area contributed by atoms with E-state index in [-0.39, 0.29) is 0 Å². The topological polar surface area (TPSA) is 41.1 Å². The Hall–Kier alpha value is -1.16. The second-order valence-electron chi connectivity index (χ2n) is 7.03. The summed E-state index contributed by atoms with van der Waals surface area (Å²) >= 11 is 0. The van der Waals surface area contributed by atoms with Crippen molar-refractivity contribution in [3.8, 4) is 0 Å². The Morgan fingerprint density at radius 3 is 2.86 bits per heavy atom. The maximum Gasteiger partial charge on any atom is 0.225 e. The SMILES string of the molecule is Cc1nc(N2CCCC3CCCC32)ncc1CNC1CC1. The first-order chi connectivity index (χ1) is 10.3. The van der Waals surface area contributed by atoms with Gasteiger partial charge in [0.15, 0.2) is 0 Å². The third-order valence-corrected chi connectivity index (χ3v) is 5.48. The molecule has 0 radical (unpaired) electrons. The van der Waals surface area contributed by atoms with Crippen LogP contribution in [0.5, 0.6) is 0 Å². The van der Waals surface area contributed by atoms with Crippen molar-refractivity contribution in [2.75, 3.05) is 11.4 Å². The van der Waals surface area contributed by atoms with E-state index >= 15 is 0 Å². The molecule has 0 bridgehead atoms. The summed E-state index contributed by atoms with van der Waals surface area (Å²) in [7, 11) is 0. The summed E-state index contributed by atoms with van der Waals surface area (Å²) in [6, 6.07) is 1.44. The van der Waals surface area contributed by atoms with Gasteiger partial charge in [-0.25, -0.2) is 9.97 Å². The zero-order valence-corrected chi connectivity index (χ0v) is 13.0. The van der Waals surface area contributed by atoms with Crippen molar-refractivity contribution in [3.63, 3.8) is 0 Å². The summed E-state index contributed by atoms with van der Waals surface area (Å²) in [6.45, 7) is 4.19. The molecule has 2 unspecified atom stereocenters. The lowest BCUT2D eigenvalue weighted by molar-refractivity contribution is 0.358. The van der Waals surface area contributed by atoms with Crippen LogP contribution in [0.25, 0.3) is 0 Å². The molecule has 0 amide bonds. The number of aromatic nitrogens is 2. The summed E-state index contributed by atoms with van der Waals surface area (Å²) in [5.41, 5.74) is 2.40. The molecule has 2 aliphatic carbocycles. The van der Waals surface area contributed by atoms with Crippen molar-refractivity contribution in [2.45, 2.75) is 70.5 Å². The molecule has 1 aromatic rings. The molecule has 4 rings (SSSR count). The molecule has 3 aliphatic rings. The molecular weight excluding hydrogens is 260 g/mol. The lowest BCUT2D eigenvalue weighted by Gasteiger charge is -2.37. The zero-order chi connectivity index (χ0) is 14.2. The van der Waals surface area contributed by atoms with Gasteiger partial charge in [0.25, 0.3) is 0 Å². The summed E-state index contributed by atoms with van der Waals surface area (Å²) < 4.78 is 0. The monoisotopic (exact) mass is 286 g/mol. The van der Waals surface area contributed by atoms with E-state index in [1.807, 2.05) is 6.20 Å². The number of piperidine rings is 1. The maximum absolute atomic E-state index is 4.83. The highest BCUT2D eigenvalue weighted by Crippen LogP contribution is 2.38. The van der Waals surface area contributed by atoms with Crippen LogP contribution in [0.1, 0.15) is 56.2 Å². The first kappa shape index (κ1) is 13.5. The minimum absolute atomic E-state index is 0.702. The third-order valence-electron chi connectivity index (χ3n) is 5.48. The first-order valence-corrected chi connectivity index (χ1v) is 8.64. The van der Waals surface area contributed by atoms with Crippen LogP contribution >= 0.6 is 0 Å². The van der Waals surface area contributed by atoms with Crippen molar-refractivity contribution in [1.82, 2.24) is 15.3 Å². The number of hydrogen-bond acceptors (Lipinski definition) is 4. The molecular formula is C17H26N4. The number of anilines is 1. The molecule has 1 aromatic heterocycles. The van der Waals surface area contributed by atoms with E-state index in [9.17, 15) is 0 Å². The van der Waals surface area contributed by atoms with Crippen molar-refractivity contribution < 1.29 is 0 Å². The predicted octanol–water partition coefficient (Wildman–Crippen LogP) is 2.81. The van der Waals surface area contributed by atoms with Crippen LogP contribution in [0, 0.1) is 12.8 Å². The van der Waals surface area contributed by atoms with Gasteiger partial charge in [-0.05, 0) is 51.4 Å². The zero-order valence-electron chi connectivity index (χ0n) is 13.0. The lowest BCUT2D eigenvalue weighted by Crippen LogP contribution is -2.43. The smallest absolute Gasteiger partial charge is 0.225 e. The Kier molecular flexibility index (Phi) is 3.57. The Balaban J connectivity index is 1.50. The van der Waals surface area contributed by atoms with Gasteiger partial charge in [0, 0.05) is 42.6 Å². The van der Waals surface area contributed by atoms with Gasteiger partial charge in [0.05, 0.1) is 0 Å². The molecule has 0 spiro atoms. The minimum atomic E-state index is 0.702. The molecule has 1 N–H and O–H groups in total. The van der Waals surface area contributed by atoms with Crippen LogP contribution in [-0.4, -0.2) is 28.6 Å². The van der Waals surface area contributed by atoms with Gasteiger partial charge >= 0.3 is 0 Å². The van der Waals surface area contributed by atoms with E-state index in [1.165, 1.54) is 50.5 Å². The molecule has 2 atom stereocenters. The third kappa shape index (κ3) is 2.78. The molecule has 0 aromatic carbocycles. The van der Waals surface area contributed by atoms with Crippen LogP contribution < -0.4 is 10.2 Å². The molecule has 114 valence electrons. The number of fused-ring (bicyclic) bond motifs is 1. The van der Waals surface area contributed by atoms with Crippen LogP contribution in [0.15, 0.2) is 6.20 Å².